The molecular formula is C26H36N2O10. The highest BCUT2D eigenvalue weighted by atomic mass is 16.5. The second-order valence-electron chi connectivity index (χ2n) is 8.18. The molecule has 12 nitrogen and oxygen atoms in total. The molecule has 12 heteroatoms. The Morgan fingerprint density at radius 2 is 1.05 bits per heavy atom. The van der Waals surface area contributed by atoms with Crippen molar-refractivity contribution in [2.45, 2.75) is 13.1 Å². The Kier molecular flexibility index (Phi) is 11.8. The van der Waals surface area contributed by atoms with Gasteiger partial charge in [-0.05, 0) is 12.1 Å². The van der Waals surface area contributed by atoms with Crippen molar-refractivity contribution >= 4 is 11.9 Å². The van der Waals surface area contributed by atoms with E-state index in [1.54, 1.807) is 42.7 Å². The standard InChI is InChI=1S/C24H34N2O6.C2H2O4/c1-27-19-8-7-17(23(31-5)24(19)32-6)15-25-9-11-26(12-10-25)16-18-13-21(29-3)22(30-4)14-20(18)28-2;3-1(4)2(5)6/h7-8,13-14H,9-12,15-16H2,1-6H3;(H,3,4)(H,5,6). The van der Waals surface area contributed by atoms with Crippen LogP contribution < -0.4 is 28.4 Å². The summed E-state index contributed by atoms with van der Waals surface area (Å²) in [6.07, 6.45) is 0. The number of rotatable bonds is 10. The number of carbonyl (C=O) groups is 2. The molecule has 38 heavy (non-hydrogen) atoms. The number of aliphatic carboxylic acids is 2. The second-order valence-corrected chi connectivity index (χ2v) is 8.18. The maximum atomic E-state index is 9.10. The Labute approximate surface area is 222 Å². The summed E-state index contributed by atoms with van der Waals surface area (Å²) in [7, 11) is 9.88. The zero-order chi connectivity index (χ0) is 28.2. The summed E-state index contributed by atoms with van der Waals surface area (Å²) in [4.78, 5) is 23.0. The van der Waals surface area contributed by atoms with Crippen molar-refractivity contribution in [3.63, 3.8) is 0 Å². The van der Waals surface area contributed by atoms with E-state index in [-0.39, 0.29) is 0 Å². The van der Waals surface area contributed by atoms with Crippen molar-refractivity contribution in [1.29, 1.82) is 0 Å². The number of nitrogens with zero attached hydrogens (tertiary/aromatic N) is 2. The van der Waals surface area contributed by atoms with Crippen LogP contribution in [0.25, 0.3) is 0 Å². The predicted octanol–water partition coefficient (Wildman–Crippen LogP) is 2.21. The highest BCUT2D eigenvalue weighted by molar-refractivity contribution is 6.27. The van der Waals surface area contributed by atoms with Gasteiger partial charge in [0.1, 0.15) is 5.75 Å². The van der Waals surface area contributed by atoms with Gasteiger partial charge in [-0.3, -0.25) is 9.80 Å². The minimum absolute atomic E-state index is 0.631. The molecule has 210 valence electrons. The summed E-state index contributed by atoms with van der Waals surface area (Å²) >= 11 is 0. The number of piperazine rings is 1. The summed E-state index contributed by atoms with van der Waals surface area (Å²) < 4.78 is 33.0. The molecule has 0 bridgehead atoms. The average Bonchev–Trinajstić information content (AvgIpc) is 2.93. The Hall–Kier alpha value is -3.90. The molecule has 0 radical (unpaired) electrons. The van der Waals surface area contributed by atoms with Gasteiger partial charge in [-0.1, -0.05) is 6.07 Å². The van der Waals surface area contributed by atoms with E-state index in [1.165, 1.54) is 0 Å². The Morgan fingerprint density at radius 1 is 0.605 bits per heavy atom. The first-order valence-electron chi connectivity index (χ1n) is 11.7. The third-order valence-electron chi connectivity index (χ3n) is 6.01. The van der Waals surface area contributed by atoms with E-state index in [4.69, 9.17) is 48.2 Å². The lowest BCUT2D eigenvalue weighted by atomic mass is 10.1. The van der Waals surface area contributed by atoms with Gasteiger partial charge in [-0.2, -0.15) is 0 Å². The molecule has 0 spiro atoms. The van der Waals surface area contributed by atoms with Crippen LogP contribution in [0, 0.1) is 0 Å². The molecule has 3 rings (SSSR count). The molecule has 0 amide bonds. The van der Waals surface area contributed by atoms with Gasteiger partial charge in [0.2, 0.25) is 5.75 Å². The largest absolute Gasteiger partial charge is 0.496 e. The van der Waals surface area contributed by atoms with E-state index >= 15 is 0 Å². The highest BCUT2D eigenvalue weighted by Crippen LogP contribution is 2.40. The first-order chi connectivity index (χ1) is 18.2. The van der Waals surface area contributed by atoms with E-state index in [1.807, 2.05) is 24.3 Å². The number of carboxylic acids is 2. The molecule has 0 unspecified atom stereocenters. The van der Waals surface area contributed by atoms with Crippen molar-refractivity contribution in [2.75, 3.05) is 68.8 Å². The Balaban J connectivity index is 0.000000757. The first kappa shape index (κ1) is 30.3. The lowest BCUT2D eigenvalue weighted by Gasteiger charge is -2.35. The van der Waals surface area contributed by atoms with Gasteiger partial charge in [0, 0.05) is 56.5 Å². The monoisotopic (exact) mass is 536 g/mol. The first-order valence-corrected chi connectivity index (χ1v) is 11.7. The number of methoxy groups -OCH3 is 6. The van der Waals surface area contributed by atoms with E-state index in [0.717, 1.165) is 61.9 Å². The fourth-order valence-corrected chi connectivity index (χ4v) is 4.09. The lowest BCUT2D eigenvalue weighted by Crippen LogP contribution is -2.45. The van der Waals surface area contributed by atoms with Crippen LogP contribution in [-0.2, 0) is 22.7 Å². The fourth-order valence-electron chi connectivity index (χ4n) is 4.09. The van der Waals surface area contributed by atoms with Gasteiger partial charge < -0.3 is 38.6 Å². The van der Waals surface area contributed by atoms with E-state index in [9.17, 15) is 0 Å². The third kappa shape index (κ3) is 7.80. The Bertz CT molecular complexity index is 1060. The second kappa shape index (κ2) is 14.7. The van der Waals surface area contributed by atoms with Gasteiger partial charge in [-0.15, -0.1) is 0 Å². The smallest absolute Gasteiger partial charge is 0.414 e. The van der Waals surface area contributed by atoms with Crippen LogP contribution in [0.3, 0.4) is 0 Å². The Morgan fingerprint density at radius 3 is 1.47 bits per heavy atom. The number of ether oxygens (including phenoxy) is 6. The van der Waals surface area contributed by atoms with Crippen molar-refractivity contribution in [3.05, 3.63) is 35.4 Å². The van der Waals surface area contributed by atoms with Gasteiger partial charge in [0.15, 0.2) is 23.0 Å². The molecule has 1 aliphatic heterocycles. The zero-order valence-corrected chi connectivity index (χ0v) is 22.6. The zero-order valence-electron chi connectivity index (χ0n) is 22.6. The van der Waals surface area contributed by atoms with Crippen molar-refractivity contribution in [2.24, 2.45) is 0 Å². The highest BCUT2D eigenvalue weighted by Gasteiger charge is 2.22. The van der Waals surface area contributed by atoms with Crippen molar-refractivity contribution in [3.8, 4) is 34.5 Å². The number of carboxylic acid groups (broad SMARTS) is 2. The van der Waals surface area contributed by atoms with Crippen LogP contribution in [0.5, 0.6) is 34.5 Å². The van der Waals surface area contributed by atoms with Gasteiger partial charge in [0.25, 0.3) is 0 Å². The molecule has 1 fully saturated rings. The van der Waals surface area contributed by atoms with E-state index in [2.05, 4.69) is 9.80 Å². The maximum Gasteiger partial charge on any atom is 0.414 e. The molecule has 1 heterocycles. The van der Waals surface area contributed by atoms with Gasteiger partial charge >= 0.3 is 11.9 Å². The SMILES string of the molecule is COc1cc(OC)c(OC)cc1CN1CCN(Cc2ccc(OC)c(OC)c2OC)CC1.O=C(O)C(=O)O. The van der Waals surface area contributed by atoms with Crippen LogP contribution in [0.1, 0.15) is 11.1 Å². The topological polar surface area (TPSA) is 136 Å². The normalized spacial score (nSPS) is 13.5. The number of benzene rings is 2. The molecule has 0 aliphatic carbocycles. The number of hydrogen-bond acceptors (Lipinski definition) is 10. The number of hydrogen-bond donors (Lipinski definition) is 2. The van der Waals surface area contributed by atoms with Crippen molar-refractivity contribution < 1.29 is 48.2 Å². The van der Waals surface area contributed by atoms with Crippen LogP contribution in [0.15, 0.2) is 24.3 Å². The lowest BCUT2D eigenvalue weighted by molar-refractivity contribution is -0.159. The van der Waals surface area contributed by atoms with Gasteiger partial charge in [0.05, 0.1) is 42.7 Å². The van der Waals surface area contributed by atoms with Crippen LogP contribution in [0.4, 0.5) is 0 Å². The molecule has 2 aromatic carbocycles. The molecule has 1 saturated heterocycles. The summed E-state index contributed by atoms with van der Waals surface area (Å²) in [6, 6.07) is 7.85. The molecule has 0 saturated carbocycles. The summed E-state index contributed by atoms with van der Waals surface area (Å²) in [5, 5.41) is 14.8. The quantitative estimate of drug-likeness (QED) is 0.431. The molecule has 2 aromatic rings. The van der Waals surface area contributed by atoms with Crippen LogP contribution >= 0.6 is 0 Å². The summed E-state index contributed by atoms with van der Waals surface area (Å²) in [6.45, 7) is 5.38. The van der Waals surface area contributed by atoms with E-state index < -0.39 is 11.9 Å². The molecule has 2 N–H and O–H groups in total. The minimum atomic E-state index is -1.82. The minimum Gasteiger partial charge on any atom is -0.496 e. The van der Waals surface area contributed by atoms with Crippen LogP contribution in [0.2, 0.25) is 0 Å². The fraction of sp³-hybridized carbons (Fsp3) is 0.462. The van der Waals surface area contributed by atoms with Gasteiger partial charge in [-0.25, -0.2) is 9.59 Å². The third-order valence-corrected chi connectivity index (χ3v) is 6.01. The summed E-state index contributed by atoms with van der Waals surface area (Å²) in [5.74, 6) is 0.562. The van der Waals surface area contributed by atoms with E-state index in [0.29, 0.717) is 23.0 Å². The summed E-state index contributed by atoms with van der Waals surface area (Å²) in [5.41, 5.74) is 2.17. The predicted molar refractivity (Wildman–Crippen MR) is 138 cm³/mol. The van der Waals surface area contributed by atoms with Crippen molar-refractivity contribution in [1.82, 2.24) is 9.80 Å². The molecule has 0 aromatic heterocycles. The van der Waals surface area contributed by atoms with Crippen LogP contribution in [-0.4, -0.2) is 101 Å². The molecular weight excluding hydrogens is 500 g/mol. The molecule has 0 atom stereocenters. The maximum absolute atomic E-state index is 9.10. The average molecular weight is 537 g/mol. The molecule has 1 aliphatic rings.